The van der Waals surface area contributed by atoms with Gasteiger partial charge in [-0.2, -0.15) is 0 Å². The van der Waals surface area contributed by atoms with Gasteiger partial charge >= 0.3 is 0 Å². The number of para-hydroxylation sites is 1. The first-order valence-electron chi connectivity index (χ1n) is 7.50. The van der Waals surface area contributed by atoms with Crippen molar-refractivity contribution in [3.63, 3.8) is 0 Å². The number of nitrogens with one attached hydrogen (secondary N) is 1. The molecule has 0 saturated heterocycles. The molecule has 0 aliphatic carbocycles. The van der Waals surface area contributed by atoms with Crippen LogP contribution in [0.2, 0.25) is 0 Å². The fourth-order valence-corrected chi connectivity index (χ4v) is 1.91. The van der Waals surface area contributed by atoms with E-state index in [1.54, 1.807) is 0 Å². The topological polar surface area (TPSA) is 50.7 Å². The van der Waals surface area contributed by atoms with Gasteiger partial charge < -0.3 is 19.9 Å². The van der Waals surface area contributed by atoms with E-state index in [1.807, 2.05) is 61.5 Å². The van der Waals surface area contributed by atoms with E-state index in [4.69, 9.17) is 9.47 Å². The third-order valence-corrected chi connectivity index (χ3v) is 3.13. The number of aliphatic hydroxyl groups is 1. The first-order chi connectivity index (χ1) is 10.7. The van der Waals surface area contributed by atoms with Crippen LogP contribution in [0.25, 0.3) is 0 Å². The van der Waals surface area contributed by atoms with Crippen molar-refractivity contribution >= 4 is 0 Å². The van der Waals surface area contributed by atoms with Gasteiger partial charge in [-0.05, 0) is 31.2 Å². The number of benzene rings is 2. The summed E-state index contributed by atoms with van der Waals surface area (Å²) in [4.78, 5) is 0. The van der Waals surface area contributed by atoms with E-state index in [2.05, 4.69) is 5.32 Å². The number of hydrogen-bond acceptors (Lipinski definition) is 4. The molecular formula is C18H23NO3. The third-order valence-electron chi connectivity index (χ3n) is 3.13. The Kier molecular flexibility index (Phi) is 6.74. The van der Waals surface area contributed by atoms with Crippen LogP contribution < -0.4 is 14.8 Å². The lowest BCUT2D eigenvalue weighted by Crippen LogP contribution is -2.33. The zero-order valence-electron chi connectivity index (χ0n) is 12.9. The molecule has 0 unspecified atom stereocenters. The van der Waals surface area contributed by atoms with Crippen LogP contribution in [0, 0.1) is 6.92 Å². The molecule has 0 bridgehead atoms. The van der Waals surface area contributed by atoms with Crippen LogP contribution >= 0.6 is 0 Å². The van der Waals surface area contributed by atoms with Gasteiger partial charge in [0.15, 0.2) is 0 Å². The van der Waals surface area contributed by atoms with Crippen LogP contribution in [0.3, 0.4) is 0 Å². The van der Waals surface area contributed by atoms with Gasteiger partial charge in [0.05, 0.1) is 0 Å². The summed E-state index contributed by atoms with van der Waals surface area (Å²) in [6.45, 7) is 4.04. The maximum absolute atomic E-state index is 9.83. The molecule has 0 radical (unpaired) electrons. The van der Waals surface area contributed by atoms with E-state index in [0.29, 0.717) is 19.7 Å². The predicted molar refractivity (Wildman–Crippen MR) is 87.5 cm³/mol. The summed E-state index contributed by atoms with van der Waals surface area (Å²) < 4.78 is 11.1. The molecule has 4 nitrogen and oxygen atoms in total. The molecule has 118 valence electrons. The Balaban J connectivity index is 1.53. The summed E-state index contributed by atoms with van der Waals surface area (Å²) in [6, 6.07) is 17.4. The number of ether oxygens (including phenoxy) is 2. The van der Waals surface area contributed by atoms with Gasteiger partial charge in [-0.3, -0.25) is 0 Å². The molecule has 2 aromatic rings. The van der Waals surface area contributed by atoms with Crippen molar-refractivity contribution in [2.45, 2.75) is 13.0 Å². The van der Waals surface area contributed by atoms with Gasteiger partial charge in [-0.1, -0.05) is 35.9 Å². The van der Waals surface area contributed by atoms with Gasteiger partial charge in [0, 0.05) is 13.1 Å². The highest BCUT2D eigenvalue weighted by Gasteiger charge is 2.04. The second kappa shape index (κ2) is 9.07. The average Bonchev–Trinajstić information content (AvgIpc) is 2.55. The standard InChI is InChI=1S/C18H23NO3/c1-15-7-9-18(10-8-15)21-12-11-19-13-16(20)14-22-17-5-3-2-4-6-17/h2-10,16,19-20H,11-14H2,1H3/t16-/m1/s1. The molecule has 0 saturated carbocycles. The van der Waals surface area contributed by atoms with E-state index in [1.165, 1.54) is 5.56 Å². The molecule has 2 N–H and O–H groups in total. The average molecular weight is 301 g/mol. The first-order valence-corrected chi connectivity index (χ1v) is 7.50. The maximum Gasteiger partial charge on any atom is 0.119 e. The van der Waals surface area contributed by atoms with Crippen molar-refractivity contribution < 1.29 is 14.6 Å². The summed E-state index contributed by atoms with van der Waals surface area (Å²) in [7, 11) is 0. The van der Waals surface area contributed by atoms with Gasteiger partial charge in [0.25, 0.3) is 0 Å². The molecule has 0 fully saturated rings. The largest absolute Gasteiger partial charge is 0.492 e. The highest BCUT2D eigenvalue weighted by molar-refractivity contribution is 5.26. The molecule has 0 aliphatic rings. The lowest BCUT2D eigenvalue weighted by atomic mass is 10.2. The zero-order chi connectivity index (χ0) is 15.6. The summed E-state index contributed by atoms with van der Waals surface area (Å²) in [5.41, 5.74) is 1.21. The van der Waals surface area contributed by atoms with Gasteiger partial charge in [0.1, 0.15) is 30.8 Å². The molecule has 22 heavy (non-hydrogen) atoms. The first kappa shape index (κ1) is 16.3. The number of hydrogen-bond donors (Lipinski definition) is 2. The molecule has 4 heteroatoms. The Bertz CT molecular complexity index is 528. The molecular weight excluding hydrogens is 278 g/mol. The monoisotopic (exact) mass is 301 g/mol. The fraction of sp³-hybridized carbons (Fsp3) is 0.333. The molecule has 0 amide bonds. The summed E-state index contributed by atoms with van der Waals surface area (Å²) in [5, 5.41) is 13.0. The Labute approximate surface area is 131 Å². The SMILES string of the molecule is Cc1ccc(OCCNC[C@@H](O)COc2ccccc2)cc1. The van der Waals surface area contributed by atoms with Crippen molar-refractivity contribution in [1.82, 2.24) is 5.32 Å². The predicted octanol–water partition coefficient (Wildman–Crippen LogP) is 2.40. The normalized spacial score (nSPS) is 11.9. The van der Waals surface area contributed by atoms with E-state index in [9.17, 15) is 5.11 Å². The molecule has 0 aromatic heterocycles. The molecule has 0 spiro atoms. The minimum absolute atomic E-state index is 0.274. The lowest BCUT2D eigenvalue weighted by Gasteiger charge is -2.13. The van der Waals surface area contributed by atoms with Crippen LogP contribution in [0.1, 0.15) is 5.56 Å². The van der Waals surface area contributed by atoms with E-state index < -0.39 is 6.10 Å². The minimum atomic E-state index is -0.542. The van der Waals surface area contributed by atoms with E-state index >= 15 is 0 Å². The molecule has 0 heterocycles. The minimum Gasteiger partial charge on any atom is -0.492 e. The lowest BCUT2D eigenvalue weighted by molar-refractivity contribution is 0.105. The van der Waals surface area contributed by atoms with E-state index in [0.717, 1.165) is 11.5 Å². The second-order valence-electron chi connectivity index (χ2n) is 5.14. The van der Waals surface area contributed by atoms with E-state index in [-0.39, 0.29) is 6.61 Å². The molecule has 1 atom stereocenters. The third kappa shape index (κ3) is 6.16. The zero-order valence-corrected chi connectivity index (χ0v) is 12.9. The van der Waals surface area contributed by atoms with Crippen LogP contribution in [0.15, 0.2) is 54.6 Å². The molecule has 2 rings (SSSR count). The van der Waals surface area contributed by atoms with Gasteiger partial charge in [-0.25, -0.2) is 0 Å². The highest BCUT2D eigenvalue weighted by atomic mass is 16.5. The van der Waals surface area contributed by atoms with Crippen molar-refractivity contribution in [1.29, 1.82) is 0 Å². The van der Waals surface area contributed by atoms with Gasteiger partial charge in [0.2, 0.25) is 0 Å². The van der Waals surface area contributed by atoms with Crippen LogP contribution in [0.4, 0.5) is 0 Å². The smallest absolute Gasteiger partial charge is 0.119 e. The van der Waals surface area contributed by atoms with Crippen molar-refractivity contribution in [2.24, 2.45) is 0 Å². The molecule has 2 aromatic carbocycles. The quantitative estimate of drug-likeness (QED) is 0.698. The summed E-state index contributed by atoms with van der Waals surface area (Å²) in [5.74, 6) is 1.63. The van der Waals surface area contributed by atoms with Gasteiger partial charge in [-0.15, -0.1) is 0 Å². The van der Waals surface area contributed by atoms with Crippen molar-refractivity contribution in [3.8, 4) is 11.5 Å². The summed E-state index contributed by atoms with van der Waals surface area (Å²) in [6.07, 6.45) is -0.542. The van der Waals surface area contributed by atoms with Crippen molar-refractivity contribution in [2.75, 3.05) is 26.3 Å². The number of rotatable bonds is 9. The number of aryl methyl sites for hydroxylation is 1. The Morgan fingerprint density at radius 2 is 1.64 bits per heavy atom. The number of aliphatic hydroxyl groups excluding tert-OH is 1. The van der Waals surface area contributed by atoms with Crippen LogP contribution in [0.5, 0.6) is 11.5 Å². The van der Waals surface area contributed by atoms with Crippen LogP contribution in [-0.4, -0.2) is 37.5 Å². The summed E-state index contributed by atoms with van der Waals surface area (Å²) >= 11 is 0. The Morgan fingerprint density at radius 1 is 0.955 bits per heavy atom. The van der Waals surface area contributed by atoms with Crippen molar-refractivity contribution in [3.05, 3.63) is 60.2 Å². The molecule has 0 aliphatic heterocycles. The second-order valence-corrected chi connectivity index (χ2v) is 5.14. The Hall–Kier alpha value is -2.04. The van der Waals surface area contributed by atoms with Crippen LogP contribution in [-0.2, 0) is 0 Å². The fourth-order valence-electron chi connectivity index (χ4n) is 1.91. The highest BCUT2D eigenvalue weighted by Crippen LogP contribution is 2.11. The maximum atomic E-state index is 9.83. The Morgan fingerprint density at radius 3 is 2.36 bits per heavy atom.